The smallest absolute Gasteiger partial charge is 0.261 e. The molecule has 5 aromatic rings. The number of benzene rings is 3. The van der Waals surface area contributed by atoms with E-state index in [4.69, 9.17) is 5.73 Å². The number of nitrogens with one attached hydrogen (secondary N) is 1. The Morgan fingerprint density at radius 1 is 1.03 bits per heavy atom. The third kappa shape index (κ3) is 3.71. The summed E-state index contributed by atoms with van der Waals surface area (Å²) in [5.41, 5.74) is 11.7. The molecule has 0 bridgehead atoms. The maximum atomic E-state index is 13.4. The zero-order chi connectivity index (χ0) is 23.8. The number of nitrogen functional groups attached to an aromatic ring is 1. The number of nitrogens with two attached hydrogens (primary N) is 1. The summed E-state index contributed by atoms with van der Waals surface area (Å²) in [4.78, 5) is 22.8. The van der Waals surface area contributed by atoms with Gasteiger partial charge in [0.05, 0.1) is 17.2 Å². The van der Waals surface area contributed by atoms with Crippen molar-refractivity contribution in [2.75, 3.05) is 11.1 Å². The van der Waals surface area contributed by atoms with E-state index in [-0.39, 0.29) is 17.1 Å². The quantitative estimate of drug-likeness (QED) is 0.345. The van der Waals surface area contributed by atoms with Crippen LogP contribution in [0.1, 0.15) is 27.0 Å². The largest absolute Gasteiger partial charge is 0.507 e. The highest BCUT2D eigenvalue weighted by atomic mass is 16.3. The van der Waals surface area contributed by atoms with Gasteiger partial charge in [-0.3, -0.25) is 4.79 Å². The fraction of sp³-hybridized carbons (Fsp3) is 0.0769. The molecule has 0 spiro atoms. The standard InChI is InChI=1S/C26H22N6O2/c1-15-11-12-16(2)20(13-15)31-26(34)22-23-25(30-19-9-5-4-8-18(19)29-23)32(24(22)27)28-14-17-7-3-6-10-21(17)33/h3-14,33H,27H2,1-2H3,(H,31,34). The minimum absolute atomic E-state index is 0.0747. The topological polar surface area (TPSA) is 118 Å². The molecule has 0 atom stereocenters. The summed E-state index contributed by atoms with van der Waals surface area (Å²) in [5, 5.41) is 17.5. The van der Waals surface area contributed by atoms with Gasteiger partial charge < -0.3 is 16.2 Å². The van der Waals surface area contributed by atoms with Crippen LogP contribution in [0.2, 0.25) is 0 Å². The highest BCUT2D eigenvalue weighted by Crippen LogP contribution is 2.29. The molecule has 8 nitrogen and oxygen atoms in total. The molecule has 5 rings (SSSR count). The molecular weight excluding hydrogens is 428 g/mol. The van der Waals surface area contributed by atoms with Crippen molar-refractivity contribution in [3.8, 4) is 5.75 Å². The maximum absolute atomic E-state index is 13.4. The average Bonchev–Trinajstić information content (AvgIpc) is 3.09. The number of rotatable bonds is 4. The van der Waals surface area contributed by atoms with Crippen molar-refractivity contribution in [3.05, 3.63) is 89.0 Å². The number of phenols is 1. The van der Waals surface area contributed by atoms with Crippen LogP contribution in [0, 0.1) is 13.8 Å². The Labute approximate surface area is 195 Å². The number of anilines is 2. The van der Waals surface area contributed by atoms with E-state index in [9.17, 15) is 9.90 Å². The third-order valence-electron chi connectivity index (χ3n) is 5.59. The minimum Gasteiger partial charge on any atom is -0.507 e. The summed E-state index contributed by atoms with van der Waals surface area (Å²) in [6, 6.07) is 20.0. The van der Waals surface area contributed by atoms with Gasteiger partial charge >= 0.3 is 0 Å². The van der Waals surface area contributed by atoms with E-state index in [1.807, 2.05) is 56.3 Å². The first-order valence-corrected chi connectivity index (χ1v) is 10.7. The molecule has 0 radical (unpaired) electrons. The number of aryl methyl sites for hydroxylation is 2. The van der Waals surface area contributed by atoms with Crippen molar-refractivity contribution >= 4 is 45.8 Å². The molecule has 2 aromatic heterocycles. The Morgan fingerprint density at radius 3 is 2.50 bits per heavy atom. The molecule has 168 valence electrons. The zero-order valence-corrected chi connectivity index (χ0v) is 18.6. The molecule has 34 heavy (non-hydrogen) atoms. The van der Waals surface area contributed by atoms with E-state index < -0.39 is 5.91 Å². The molecule has 1 amide bonds. The lowest BCUT2D eigenvalue weighted by molar-refractivity contribution is 0.102. The van der Waals surface area contributed by atoms with Crippen LogP contribution in [0.25, 0.3) is 22.2 Å². The van der Waals surface area contributed by atoms with E-state index in [0.717, 1.165) is 11.1 Å². The van der Waals surface area contributed by atoms with Gasteiger partial charge in [0.1, 0.15) is 22.6 Å². The van der Waals surface area contributed by atoms with E-state index in [1.165, 1.54) is 10.9 Å². The molecule has 3 aromatic carbocycles. The van der Waals surface area contributed by atoms with Crippen LogP contribution in [-0.2, 0) is 0 Å². The Hall–Kier alpha value is -4.72. The number of nitrogens with zero attached hydrogens (tertiary/aromatic N) is 4. The van der Waals surface area contributed by atoms with Crippen molar-refractivity contribution in [1.29, 1.82) is 0 Å². The van der Waals surface area contributed by atoms with Gasteiger partial charge in [0.25, 0.3) is 5.91 Å². The number of hydrogen-bond acceptors (Lipinski definition) is 6. The second-order valence-electron chi connectivity index (χ2n) is 8.03. The van der Waals surface area contributed by atoms with Crippen LogP contribution in [0.15, 0.2) is 71.8 Å². The van der Waals surface area contributed by atoms with E-state index in [1.54, 1.807) is 24.3 Å². The van der Waals surface area contributed by atoms with Crippen LogP contribution >= 0.6 is 0 Å². The van der Waals surface area contributed by atoms with Crippen LogP contribution < -0.4 is 11.1 Å². The van der Waals surface area contributed by atoms with Crippen molar-refractivity contribution < 1.29 is 9.90 Å². The van der Waals surface area contributed by atoms with Crippen molar-refractivity contribution in [1.82, 2.24) is 14.6 Å². The van der Waals surface area contributed by atoms with Crippen LogP contribution in [0.3, 0.4) is 0 Å². The van der Waals surface area contributed by atoms with Gasteiger partial charge in [-0.25, -0.2) is 9.97 Å². The molecule has 0 aliphatic heterocycles. The van der Waals surface area contributed by atoms with Gasteiger partial charge in [-0.1, -0.05) is 36.4 Å². The average molecular weight is 451 g/mol. The first-order chi connectivity index (χ1) is 16.4. The number of carbonyl (C=O) groups is 1. The van der Waals surface area contributed by atoms with Crippen LogP contribution in [0.5, 0.6) is 5.75 Å². The second-order valence-corrected chi connectivity index (χ2v) is 8.03. The highest BCUT2D eigenvalue weighted by Gasteiger charge is 2.24. The summed E-state index contributed by atoms with van der Waals surface area (Å²) in [5.74, 6) is -0.234. The van der Waals surface area contributed by atoms with Gasteiger partial charge in [0.15, 0.2) is 5.65 Å². The minimum atomic E-state index is -0.405. The lowest BCUT2D eigenvalue weighted by Crippen LogP contribution is -2.15. The predicted octanol–water partition coefficient (Wildman–Crippen LogP) is 4.62. The molecule has 8 heteroatoms. The molecular formula is C26H22N6O2. The molecule has 0 saturated heterocycles. The van der Waals surface area contributed by atoms with E-state index in [2.05, 4.69) is 20.4 Å². The summed E-state index contributed by atoms with van der Waals surface area (Å²) in [6.45, 7) is 3.88. The number of phenolic OH excluding ortho intramolecular Hbond substituents is 1. The zero-order valence-electron chi connectivity index (χ0n) is 18.6. The monoisotopic (exact) mass is 450 g/mol. The molecule has 0 aliphatic rings. The Kier molecular flexibility index (Phi) is 5.18. The number of hydrogen-bond donors (Lipinski definition) is 3. The summed E-state index contributed by atoms with van der Waals surface area (Å²) < 4.78 is 1.37. The van der Waals surface area contributed by atoms with E-state index >= 15 is 0 Å². The van der Waals surface area contributed by atoms with Crippen molar-refractivity contribution in [2.45, 2.75) is 13.8 Å². The third-order valence-corrected chi connectivity index (χ3v) is 5.59. The van der Waals surface area contributed by atoms with Gasteiger partial charge in [-0.05, 0) is 55.3 Å². The number of carbonyl (C=O) groups excluding carboxylic acids is 1. The summed E-state index contributed by atoms with van der Waals surface area (Å²) in [7, 11) is 0. The second kappa shape index (κ2) is 8.32. The molecule has 0 unspecified atom stereocenters. The lowest BCUT2D eigenvalue weighted by Gasteiger charge is -2.09. The highest BCUT2D eigenvalue weighted by molar-refractivity contribution is 6.16. The first kappa shape index (κ1) is 21.1. The Bertz CT molecular complexity index is 1600. The predicted molar refractivity (Wildman–Crippen MR) is 134 cm³/mol. The fourth-order valence-electron chi connectivity index (χ4n) is 3.76. The number of fused-ring (bicyclic) bond motifs is 2. The number of aromatic nitrogens is 3. The summed E-state index contributed by atoms with van der Waals surface area (Å²) in [6.07, 6.45) is 1.47. The van der Waals surface area contributed by atoms with Crippen LogP contribution in [-0.4, -0.2) is 31.9 Å². The molecule has 0 aliphatic carbocycles. The maximum Gasteiger partial charge on any atom is 0.261 e. The van der Waals surface area contributed by atoms with Crippen LogP contribution in [0.4, 0.5) is 11.5 Å². The molecule has 0 fully saturated rings. The van der Waals surface area contributed by atoms with E-state index in [0.29, 0.717) is 33.4 Å². The molecule has 4 N–H and O–H groups in total. The fourth-order valence-corrected chi connectivity index (χ4v) is 3.76. The molecule has 0 saturated carbocycles. The van der Waals surface area contributed by atoms with Crippen molar-refractivity contribution in [2.24, 2.45) is 5.10 Å². The van der Waals surface area contributed by atoms with Gasteiger partial charge in [0, 0.05) is 11.3 Å². The Balaban J connectivity index is 1.68. The molecule has 2 heterocycles. The van der Waals surface area contributed by atoms with Gasteiger partial charge in [-0.2, -0.15) is 9.78 Å². The normalized spacial score (nSPS) is 11.5. The first-order valence-electron chi connectivity index (χ1n) is 10.7. The number of para-hydroxylation sites is 3. The van der Waals surface area contributed by atoms with Crippen molar-refractivity contribution in [3.63, 3.8) is 0 Å². The van der Waals surface area contributed by atoms with Gasteiger partial charge in [0.2, 0.25) is 0 Å². The number of amides is 1. The SMILES string of the molecule is Cc1ccc(C)c(NC(=O)c2c(N)n(N=Cc3ccccc3O)c3nc4ccccc4nc23)c1. The van der Waals surface area contributed by atoms with Gasteiger partial charge in [-0.15, -0.1) is 0 Å². The summed E-state index contributed by atoms with van der Waals surface area (Å²) >= 11 is 0. The number of aromatic hydroxyl groups is 1. The Morgan fingerprint density at radius 2 is 1.74 bits per heavy atom. The lowest BCUT2D eigenvalue weighted by atomic mass is 10.1.